The minimum Gasteiger partial charge on any atom is -0.388 e. The van der Waals surface area contributed by atoms with E-state index >= 15 is 0 Å². The highest BCUT2D eigenvalue weighted by atomic mass is 32.2. The molecule has 4 N–H and O–H groups in total. The summed E-state index contributed by atoms with van der Waals surface area (Å²) in [6, 6.07) is 7.56. The largest absolute Gasteiger partial charge is 0.388 e. The maximum atomic E-state index is 11.7. The van der Waals surface area contributed by atoms with Gasteiger partial charge in [-0.25, -0.2) is 23.1 Å². The Morgan fingerprint density at radius 1 is 1.32 bits per heavy atom. The van der Waals surface area contributed by atoms with Gasteiger partial charge in [0.05, 0.1) is 22.8 Å². The van der Waals surface area contributed by atoms with Crippen molar-refractivity contribution in [2.75, 3.05) is 12.0 Å². The van der Waals surface area contributed by atoms with Gasteiger partial charge in [-0.3, -0.25) is 0 Å². The van der Waals surface area contributed by atoms with Crippen LogP contribution in [0.2, 0.25) is 0 Å². The molecule has 0 atom stereocenters. The van der Waals surface area contributed by atoms with Crippen LogP contribution < -0.4 is 10.5 Å². The summed E-state index contributed by atoms with van der Waals surface area (Å²) in [7, 11) is -3.33. The summed E-state index contributed by atoms with van der Waals surface area (Å²) in [5.41, 5.74) is 7.56. The second-order valence-electron chi connectivity index (χ2n) is 6.64. The van der Waals surface area contributed by atoms with E-state index in [1.807, 2.05) is 28.8 Å². The number of nitrogens with two attached hydrogens (primary N) is 1. The Kier molecular flexibility index (Phi) is 3.50. The molecule has 2 aromatic heterocycles. The maximum absolute atomic E-state index is 11.7. The van der Waals surface area contributed by atoms with Crippen LogP contribution in [0.15, 0.2) is 24.3 Å². The highest BCUT2D eigenvalue weighted by Gasteiger charge is 2.46. The summed E-state index contributed by atoms with van der Waals surface area (Å²) in [4.78, 5) is 8.81. The molecule has 2 heterocycles. The van der Waals surface area contributed by atoms with Crippen LogP contribution in [0.4, 0.5) is 5.82 Å². The van der Waals surface area contributed by atoms with Crippen molar-refractivity contribution in [3.05, 3.63) is 30.1 Å². The van der Waals surface area contributed by atoms with E-state index in [1.165, 1.54) is 0 Å². The van der Waals surface area contributed by atoms with Gasteiger partial charge >= 0.3 is 0 Å². The first-order valence-corrected chi connectivity index (χ1v) is 9.84. The lowest BCUT2D eigenvalue weighted by atomic mass is 10.1. The molecule has 4 rings (SSSR count). The van der Waals surface area contributed by atoms with Gasteiger partial charge in [-0.15, -0.1) is 0 Å². The van der Waals surface area contributed by atoms with Crippen LogP contribution in [-0.4, -0.2) is 39.9 Å². The molecule has 0 spiro atoms. The van der Waals surface area contributed by atoms with E-state index in [0.29, 0.717) is 23.7 Å². The number of sulfonamides is 1. The smallest absolute Gasteiger partial charge is 0.209 e. The van der Waals surface area contributed by atoms with Crippen LogP contribution in [0.3, 0.4) is 0 Å². The van der Waals surface area contributed by atoms with E-state index < -0.39 is 15.6 Å². The molecular weight excluding hydrogens is 342 g/mol. The number of hydrogen-bond acceptors (Lipinski definition) is 6. The number of hydrogen-bond donors (Lipinski definition) is 3. The molecule has 0 amide bonds. The van der Waals surface area contributed by atoms with E-state index in [2.05, 4.69) is 14.7 Å². The molecule has 1 fully saturated rings. The van der Waals surface area contributed by atoms with Gasteiger partial charge in [0.2, 0.25) is 10.0 Å². The van der Waals surface area contributed by atoms with Gasteiger partial charge in [0.1, 0.15) is 17.9 Å². The average molecular weight is 361 g/mol. The van der Waals surface area contributed by atoms with Crippen LogP contribution in [0.1, 0.15) is 18.7 Å². The molecule has 1 aromatic carbocycles. The molecule has 8 nitrogen and oxygen atoms in total. The number of nitrogen functional groups attached to an aromatic ring is 1. The molecule has 0 saturated heterocycles. The van der Waals surface area contributed by atoms with Crippen molar-refractivity contribution in [1.29, 1.82) is 0 Å². The second kappa shape index (κ2) is 5.38. The molecule has 1 aliphatic rings. The van der Waals surface area contributed by atoms with Crippen LogP contribution in [0.5, 0.6) is 0 Å². The number of benzene rings is 1. The average Bonchev–Trinajstić information content (AvgIpc) is 3.17. The Morgan fingerprint density at radius 2 is 2.04 bits per heavy atom. The van der Waals surface area contributed by atoms with Gasteiger partial charge in [-0.05, 0) is 18.9 Å². The Balaban J connectivity index is 1.93. The van der Waals surface area contributed by atoms with Crippen LogP contribution in [0, 0.1) is 0 Å². The van der Waals surface area contributed by atoms with Gasteiger partial charge < -0.3 is 15.4 Å². The first-order chi connectivity index (χ1) is 11.8. The third-order valence-corrected chi connectivity index (χ3v) is 5.35. The summed E-state index contributed by atoms with van der Waals surface area (Å²) in [5.74, 6) is 0.740. The molecule has 9 heteroatoms. The predicted octanol–water partition coefficient (Wildman–Crippen LogP) is 0.741. The highest BCUT2D eigenvalue weighted by molar-refractivity contribution is 7.88. The predicted molar refractivity (Wildman–Crippen MR) is 95.3 cm³/mol. The summed E-state index contributed by atoms with van der Waals surface area (Å²) < 4.78 is 27.9. The van der Waals surface area contributed by atoms with E-state index in [-0.39, 0.29) is 6.61 Å². The third kappa shape index (κ3) is 2.84. The fourth-order valence-corrected chi connectivity index (χ4v) is 4.39. The van der Waals surface area contributed by atoms with E-state index in [9.17, 15) is 13.5 Å². The second-order valence-corrected chi connectivity index (χ2v) is 8.39. The van der Waals surface area contributed by atoms with Crippen molar-refractivity contribution in [2.45, 2.75) is 31.5 Å². The number of nitrogens with one attached hydrogen (secondary N) is 1. The van der Waals surface area contributed by atoms with Gasteiger partial charge in [-0.1, -0.05) is 18.2 Å². The van der Waals surface area contributed by atoms with Gasteiger partial charge in [0, 0.05) is 11.9 Å². The van der Waals surface area contributed by atoms with Crippen LogP contribution in [0.25, 0.3) is 21.9 Å². The fourth-order valence-electron chi connectivity index (χ4n) is 3.34. The van der Waals surface area contributed by atoms with Crippen molar-refractivity contribution in [3.63, 3.8) is 0 Å². The number of aromatic nitrogens is 3. The zero-order valence-corrected chi connectivity index (χ0v) is 14.5. The standard InChI is InChI=1S/C16H19N5O3S/c1-25(23,24)20-16(6-7-16)9-21-12(8-22)19-13-14(21)10-4-2-3-5-11(10)18-15(13)17/h2-5,20,22H,6-9H2,1H3,(H2,17,18). The molecule has 1 saturated carbocycles. The zero-order valence-electron chi connectivity index (χ0n) is 13.7. The Bertz CT molecular complexity index is 1090. The van der Waals surface area contributed by atoms with Gasteiger partial charge in [0.25, 0.3) is 0 Å². The Hall–Kier alpha value is -2.23. The lowest BCUT2D eigenvalue weighted by molar-refractivity contribution is 0.263. The van der Waals surface area contributed by atoms with Crippen LogP contribution >= 0.6 is 0 Å². The number of para-hydroxylation sites is 1. The maximum Gasteiger partial charge on any atom is 0.209 e. The van der Waals surface area contributed by atoms with Gasteiger partial charge in [0.15, 0.2) is 5.82 Å². The normalized spacial score (nSPS) is 16.6. The number of pyridine rings is 1. The minimum absolute atomic E-state index is 0.266. The van der Waals surface area contributed by atoms with Crippen molar-refractivity contribution in [1.82, 2.24) is 19.3 Å². The van der Waals surface area contributed by atoms with Crippen LogP contribution in [-0.2, 0) is 23.2 Å². The molecule has 1 aliphatic carbocycles. The number of imidazole rings is 1. The fraction of sp³-hybridized carbons (Fsp3) is 0.375. The topological polar surface area (TPSA) is 123 Å². The molecule has 0 radical (unpaired) electrons. The molecule has 3 aromatic rings. The lowest BCUT2D eigenvalue weighted by Gasteiger charge is -2.19. The molecule has 132 valence electrons. The first kappa shape index (κ1) is 16.2. The Morgan fingerprint density at radius 3 is 2.68 bits per heavy atom. The molecule has 0 bridgehead atoms. The minimum atomic E-state index is -3.33. The van der Waals surface area contributed by atoms with Crippen molar-refractivity contribution in [2.24, 2.45) is 0 Å². The lowest BCUT2D eigenvalue weighted by Crippen LogP contribution is -2.39. The summed E-state index contributed by atoms with van der Waals surface area (Å²) in [5, 5.41) is 10.6. The van der Waals surface area contributed by atoms with E-state index in [1.54, 1.807) is 0 Å². The molecular formula is C16H19N5O3S. The SMILES string of the molecule is CS(=O)(=O)NC1(Cn2c(CO)nc3c(N)nc4ccccc4c32)CC1. The number of aliphatic hydroxyl groups excluding tert-OH is 1. The van der Waals surface area contributed by atoms with E-state index in [0.717, 1.165) is 35.5 Å². The number of nitrogens with zero attached hydrogens (tertiary/aromatic N) is 3. The monoisotopic (exact) mass is 361 g/mol. The molecule has 0 unspecified atom stereocenters. The quantitative estimate of drug-likeness (QED) is 0.616. The first-order valence-electron chi connectivity index (χ1n) is 7.95. The summed E-state index contributed by atoms with van der Waals surface area (Å²) >= 11 is 0. The van der Waals surface area contributed by atoms with Crippen molar-refractivity contribution in [3.8, 4) is 0 Å². The molecule has 25 heavy (non-hydrogen) atoms. The summed E-state index contributed by atoms with van der Waals surface area (Å²) in [6.45, 7) is 0.122. The zero-order chi connectivity index (χ0) is 17.8. The van der Waals surface area contributed by atoms with Crippen molar-refractivity contribution < 1.29 is 13.5 Å². The number of anilines is 1. The van der Waals surface area contributed by atoms with Gasteiger partial charge in [-0.2, -0.15) is 0 Å². The number of rotatable bonds is 5. The van der Waals surface area contributed by atoms with Crippen molar-refractivity contribution >= 4 is 37.8 Å². The number of fused-ring (bicyclic) bond motifs is 3. The number of aliphatic hydroxyl groups is 1. The third-order valence-electron chi connectivity index (χ3n) is 4.55. The Labute approximate surface area is 144 Å². The highest BCUT2D eigenvalue weighted by Crippen LogP contribution is 2.40. The molecule has 0 aliphatic heterocycles. The summed E-state index contributed by atoms with van der Waals surface area (Å²) in [6.07, 6.45) is 2.63. The van der Waals surface area contributed by atoms with E-state index in [4.69, 9.17) is 5.73 Å².